The Labute approximate surface area is 146 Å². The van der Waals surface area contributed by atoms with Crippen LogP contribution in [0.15, 0.2) is 12.1 Å². The van der Waals surface area contributed by atoms with Crippen LogP contribution in [0.5, 0.6) is 5.75 Å². The van der Waals surface area contributed by atoms with Gasteiger partial charge >= 0.3 is 12.1 Å². The van der Waals surface area contributed by atoms with Gasteiger partial charge in [0.2, 0.25) is 0 Å². The van der Waals surface area contributed by atoms with Gasteiger partial charge in [0.1, 0.15) is 24.6 Å². The molecule has 0 aromatic heterocycles. The van der Waals surface area contributed by atoms with Gasteiger partial charge in [-0.3, -0.25) is 0 Å². The van der Waals surface area contributed by atoms with Gasteiger partial charge < -0.3 is 24.0 Å². The molecule has 134 valence electrons. The maximum Gasteiger partial charge on any atom is 0.410 e. The number of esters is 1. The minimum atomic E-state index is -0.503. The van der Waals surface area contributed by atoms with Gasteiger partial charge in [0.25, 0.3) is 0 Å². The highest BCUT2D eigenvalue weighted by molar-refractivity contribution is 5.95. The van der Waals surface area contributed by atoms with Crippen LogP contribution in [-0.2, 0) is 16.1 Å². The van der Waals surface area contributed by atoms with Crippen LogP contribution in [-0.4, -0.2) is 54.8 Å². The topological polar surface area (TPSA) is 68.3 Å². The number of hydrogen-bond donors (Lipinski definition) is 0. The summed E-state index contributed by atoms with van der Waals surface area (Å²) in [7, 11) is 0. The van der Waals surface area contributed by atoms with E-state index in [1.807, 2.05) is 26.8 Å². The second kappa shape index (κ2) is 5.54. The van der Waals surface area contributed by atoms with E-state index in [1.54, 1.807) is 11.0 Å². The van der Waals surface area contributed by atoms with Crippen LogP contribution in [0.3, 0.4) is 0 Å². The van der Waals surface area contributed by atoms with Gasteiger partial charge in [-0.05, 0) is 32.9 Å². The minimum absolute atomic E-state index is 0.0739. The predicted molar refractivity (Wildman–Crippen MR) is 90.0 cm³/mol. The predicted octanol–water partition coefficient (Wildman–Crippen LogP) is 2.18. The number of rotatable bonds is 0. The van der Waals surface area contributed by atoms with Crippen molar-refractivity contribution in [3.63, 3.8) is 0 Å². The van der Waals surface area contributed by atoms with Gasteiger partial charge in [0.05, 0.1) is 17.3 Å². The fraction of sp³-hybridized carbons (Fsp3) is 0.556. The lowest BCUT2D eigenvalue weighted by Crippen LogP contribution is -2.59. The van der Waals surface area contributed by atoms with Gasteiger partial charge in [0, 0.05) is 25.2 Å². The molecule has 1 fully saturated rings. The molecular weight excluding hydrogens is 324 g/mol. The summed E-state index contributed by atoms with van der Waals surface area (Å²) in [6.45, 7) is 8.18. The number of fused-ring (bicyclic) bond motifs is 5. The molecule has 0 radical (unpaired) electrons. The smallest absolute Gasteiger partial charge is 0.410 e. The lowest BCUT2D eigenvalue weighted by atomic mass is 10.0. The van der Waals surface area contributed by atoms with E-state index in [1.165, 1.54) is 0 Å². The molecule has 0 spiro atoms. The maximum atomic E-state index is 12.3. The standard InChI is InChI=1S/C18H22N2O5/c1-18(2,3)25-17(22)19-6-7-20-11(8-19)9-23-15-13-10-24-16(21)12(13)4-5-14(15)20/h4-5,11H,6-10H2,1-3H3/t11-/m1/s1. The summed E-state index contributed by atoms with van der Waals surface area (Å²) in [5.41, 5.74) is 1.88. The zero-order valence-corrected chi connectivity index (χ0v) is 14.7. The molecule has 1 amide bonds. The Balaban J connectivity index is 1.53. The molecular formula is C18H22N2O5. The van der Waals surface area contributed by atoms with Crippen LogP contribution in [0, 0.1) is 0 Å². The molecule has 0 unspecified atom stereocenters. The number of piperazine rings is 1. The number of hydrogen-bond acceptors (Lipinski definition) is 6. The molecule has 1 aromatic rings. The fourth-order valence-corrected chi connectivity index (χ4v) is 3.54. The normalized spacial score (nSPS) is 21.7. The Bertz CT molecular complexity index is 740. The average molecular weight is 346 g/mol. The number of benzene rings is 1. The van der Waals surface area contributed by atoms with Crippen molar-refractivity contribution in [2.45, 2.75) is 39.0 Å². The third-order valence-electron chi connectivity index (χ3n) is 4.67. The third kappa shape index (κ3) is 2.77. The number of carbonyl (C=O) groups is 2. The largest absolute Gasteiger partial charge is 0.489 e. The third-order valence-corrected chi connectivity index (χ3v) is 4.67. The van der Waals surface area contributed by atoms with E-state index in [4.69, 9.17) is 14.2 Å². The molecule has 3 aliphatic rings. The highest BCUT2D eigenvalue weighted by Gasteiger charge is 2.38. The summed E-state index contributed by atoms with van der Waals surface area (Å²) in [5.74, 6) is 0.448. The van der Waals surface area contributed by atoms with Crippen molar-refractivity contribution in [1.29, 1.82) is 0 Å². The summed E-state index contributed by atoms with van der Waals surface area (Å²) in [6.07, 6.45) is -0.286. The van der Waals surface area contributed by atoms with E-state index in [0.29, 0.717) is 31.8 Å². The van der Waals surface area contributed by atoms with Crippen molar-refractivity contribution in [2.75, 3.05) is 31.1 Å². The molecule has 1 saturated heterocycles. The Morgan fingerprint density at radius 3 is 2.80 bits per heavy atom. The SMILES string of the molecule is CC(C)(C)OC(=O)N1CCN2c3ccc4c(c3OC[C@H]2C1)COC4=O. The Morgan fingerprint density at radius 2 is 2.04 bits per heavy atom. The van der Waals surface area contributed by atoms with E-state index < -0.39 is 5.60 Å². The lowest BCUT2D eigenvalue weighted by Gasteiger charge is -2.45. The first kappa shape index (κ1) is 16.1. The Kier molecular flexibility index (Phi) is 3.56. The number of carbonyl (C=O) groups excluding carboxylic acids is 2. The van der Waals surface area contributed by atoms with E-state index in [9.17, 15) is 9.59 Å². The maximum absolute atomic E-state index is 12.3. The summed E-state index contributed by atoms with van der Waals surface area (Å²) < 4.78 is 16.5. The van der Waals surface area contributed by atoms with Crippen LogP contribution in [0.4, 0.5) is 10.5 Å². The summed E-state index contributed by atoms with van der Waals surface area (Å²) in [6, 6.07) is 3.79. The first-order valence-electron chi connectivity index (χ1n) is 8.54. The number of cyclic esters (lactones) is 1. The molecule has 0 saturated carbocycles. The number of ether oxygens (including phenoxy) is 3. The minimum Gasteiger partial charge on any atom is -0.489 e. The summed E-state index contributed by atoms with van der Waals surface area (Å²) in [4.78, 5) is 28.0. The molecule has 0 bridgehead atoms. The molecule has 1 aromatic carbocycles. The van der Waals surface area contributed by atoms with Crippen molar-refractivity contribution in [3.8, 4) is 5.75 Å². The summed E-state index contributed by atoms with van der Waals surface area (Å²) in [5, 5.41) is 0. The second-order valence-electron chi connectivity index (χ2n) is 7.60. The van der Waals surface area contributed by atoms with E-state index >= 15 is 0 Å². The number of amides is 1. The molecule has 1 atom stereocenters. The van der Waals surface area contributed by atoms with Crippen LogP contribution in [0.25, 0.3) is 0 Å². The quantitative estimate of drug-likeness (QED) is 0.671. The van der Waals surface area contributed by atoms with E-state index in [-0.39, 0.29) is 24.7 Å². The van der Waals surface area contributed by atoms with Crippen LogP contribution >= 0.6 is 0 Å². The van der Waals surface area contributed by atoms with Crippen LogP contribution in [0.2, 0.25) is 0 Å². The van der Waals surface area contributed by atoms with E-state index in [2.05, 4.69) is 4.90 Å². The number of nitrogens with zero attached hydrogens (tertiary/aromatic N) is 2. The van der Waals surface area contributed by atoms with Crippen molar-refractivity contribution >= 4 is 17.7 Å². The molecule has 0 N–H and O–H groups in total. The first-order valence-corrected chi connectivity index (χ1v) is 8.54. The molecule has 25 heavy (non-hydrogen) atoms. The van der Waals surface area contributed by atoms with E-state index in [0.717, 1.165) is 17.0 Å². The first-order chi connectivity index (χ1) is 11.8. The van der Waals surface area contributed by atoms with Crippen molar-refractivity contribution in [2.24, 2.45) is 0 Å². The summed E-state index contributed by atoms with van der Waals surface area (Å²) >= 11 is 0. The van der Waals surface area contributed by atoms with Gasteiger partial charge in [-0.1, -0.05) is 0 Å². The molecule has 7 heteroatoms. The molecule has 3 aliphatic heterocycles. The zero-order valence-electron chi connectivity index (χ0n) is 14.7. The van der Waals surface area contributed by atoms with Gasteiger partial charge in [-0.25, -0.2) is 9.59 Å². The highest BCUT2D eigenvalue weighted by Crippen LogP contribution is 2.42. The van der Waals surface area contributed by atoms with Gasteiger partial charge in [-0.2, -0.15) is 0 Å². The number of anilines is 1. The van der Waals surface area contributed by atoms with Crippen molar-refractivity contribution in [3.05, 3.63) is 23.3 Å². The van der Waals surface area contributed by atoms with Gasteiger partial charge in [-0.15, -0.1) is 0 Å². The monoisotopic (exact) mass is 346 g/mol. The van der Waals surface area contributed by atoms with Crippen LogP contribution < -0.4 is 9.64 Å². The molecule has 0 aliphatic carbocycles. The molecule has 4 rings (SSSR count). The average Bonchev–Trinajstić information content (AvgIpc) is 2.94. The molecule has 7 nitrogen and oxygen atoms in total. The second-order valence-corrected chi connectivity index (χ2v) is 7.60. The van der Waals surface area contributed by atoms with Crippen molar-refractivity contribution in [1.82, 2.24) is 4.90 Å². The Morgan fingerprint density at radius 1 is 1.24 bits per heavy atom. The molecule has 3 heterocycles. The van der Waals surface area contributed by atoms with Crippen LogP contribution in [0.1, 0.15) is 36.7 Å². The van der Waals surface area contributed by atoms with Crippen molar-refractivity contribution < 1.29 is 23.8 Å². The fourth-order valence-electron chi connectivity index (χ4n) is 3.54. The zero-order chi connectivity index (χ0) is 17.8. The van der Waals surface area contributed by atoms with Gasteiger partial charge in [0.15, 0.2) is 0 Å². The highest BCUT2D eigenvalue weighted by atomic mass is 16.6. The Hall–Kier alpha value is -2.44. The lowest BCUT2D eigenvalue weighted by molar-refractivity contribution is 0.0194.